The predicted octanol–water partition coefficient (Wildman–Crippen LogP) is 2.62. The van der Waals surface area contributed by atoms with E-state index in [4.69, 9.17) is 10.5 Å². The Morgan fingerprint density at radius 2 is 1.71 bits per heavy atom. The van der Waals surface area contributed by atoms with E-state index < -0.39 is 11.5 Å². The Kier molecular flexibility index (Phi) is 6.09. The van der Waals surface area contributed by atoms with E-state index >= 15 is 0 Å². The van der Waals surface area contributed by atoms with Gasteiger partial charge in [0.15, 0.2) is 5.60 Å². The average molecular weight is 415 g/mol. The molecule has 2 aromatic carbocycles. The van der Waals surface area contributed by atoms with Gasteiger partial charge in [0.2, 0.25) is 5.91 Å². The molecule has 2 heterocycles. The highest BCUT2D eigenvalue weighted by atomic mass is 16.5. The van der Waals surface area contributed by atoms with E-state index in [2.05, 4.69) is 4.98 Å². The van der Waals surface area contributed by atoms with Gasteiger partial charge in [0, 0.05) is 25.4 Å². The lowest BCUT2D eigenvalue weighted by Gasteiger charge is -2.41. The minimum atomic E-state index is -1.25. The number of primary amides is 1. The third-order valence-corrected chi connectivity index (χ3v) is 5.62. The fraction of sp³-hybridized carbons (Fsp3) is 0.240. The topological polar surface area (TPSA) is 85.5 Å². The molecule has 2 amide bonds. The Balaban J connectivity index is 1.53. The van der Waals surface area contributed by atoms with E-state index in [1.807, 2.05) is 66.7 Å². The minimum absolute atomic E-state index is 0.0364. The number of morpholine rings is 1. The SMILES string of the molecule is NC(=O)C1(Cc2cccc(-c3ccncc3)c2)CN(C(=O)Cc2ccccc2)CCO1. The predicted molar refractivity (Wildman–Crippen MR) is 118 cm³/mol. The van der Waals surface area contributed by atoms with E-state index in [1.165, 1.54) is 0 Å². The first-order valence-corrected chi connectivity index (χ1v) is 10.3. The molecule has 158 valence electrons. The fourth-order valence-electron chi connectivity index (χ4n) is 3.96. The molecule has 4 rings (SSSR count). The number of carbonyl (C=O) groups is 2. The molecule has 2 N–H and O–H groups in total. The van der Waals surface area contributed by atoms with Crippen LogP contribution in [0.4, 0.5) is 0 Å². The van der Waals surface area contributed by atoms with Crippen molar-refractivity contribution in [2.24, 2.45) is 5.73 Å². The summed E-state index contributed by atoms with van der Waals surface area (Å²) in [5.41, 5.74) is 8.47. The number of nitrogens with two attached hydrogens (primary N) is 1. The second kappa shape index (κ2) is 9.10. The zero-order valence-electron chi connectivity index (χ0n) is 17.2. The number of benzene rings is 2. The van der Waals surface area contributed by atoms with Gasteiger partial charge in [-0.3, -0.25) is 14.6 Å². The molecular formula is C25H25N3O3. The Morgan fingerprint density at radius 3 is 2.45 bits per heavy atom. The highest BCUT2D eigenvalue weighted by Crippen LogP contribution is 2.27. The number of hydrogen-bond acceptors (Lipinski definition) is 4. The van der Waals surface area contributed by atoms with Crippen LogP contribution in [-0.2, 0) is 27.2 Å². The first kappa shape index (κ1) is 20.8. The monoisotopic (exact) mass is 415 g/mol. The van der Waals surface area contributed by atoms with Crippen molar-refractivity contribution in [3.05, 3.63) is 90.3 Å². The molecule has 3 aromatic rings. The number of nitrogens with zero attached hydrogens (tertiary/aromatic N) is 2. The summed E-state index contributed by atoms with van der Waals surface area (Å²) in [4.78, 5) is 31.1. The summed E-state index contributed by atoms with van der Waals surface area (Å²) in [6, 6.07) is 21.4. The van der Waals surface area contributed by atoms with Crippen LogP contribution in [0.2, 0.25) is 0 Å². The van der Waals surface area contributed by atoms with Crippen molar-refractivity contribution in [2.45, 2.75) is 18.4 Å². The molecule has 1 aliphatic heterocycles. The van der Waals surface area contributed by atoms with Gasteiger partial charge in [0.25, 0.3) is 5.91 Å². The van der Waals surface area contributed by atoms with Crippen LogP contribution in [0.1, 0.15) is 11.1 Å². The highest BCUT2D eigenvalue weighted by molar-refractivity contribution is 5.86. The Hall–Kier alpha value is -3.51. The van der Waals surface area contributed by atoms with Gasteiger partial charge in [0.1, 0.15) is 0 Å². The molecule has 1 unspecified atom stereocenters. The molecule has 0 bridgehead atoms. The molecule has 31 heavy (non-hydrogen) atoms. The molecule has 6 nitrogen and oxygen atoms in total. The lowest BCUT2D eigenvalue weighted by Crippen LogP contribution is -2.61. The highest BCUT2D eigenvalue weighted by Gasteiger charge is 2.43. The van der Waals surface area contributed by atoms with Crippen LogP contribution in [0.25, 0.3) is 11.1 Å². The van der Waals surface area contributed by atoms with E-state index in [0.29, 0.717) is 13.0 Å². The van der Waals surface area contributed by atoms with E-state index in [0.717, 1.165) is 22.3 Å². The maximum absolute atomic E-state index is 12.9. The second-order valence-electron chi connectivity index (χ2n) is 7.80. The van der Waals surface area contributed by atoms with Crippen LogP contribution in [-0.4, -0.2) is 47.0 Å². The lowest BCUT2D eigenvalue weighted by molar-refractivity contribution is -0.163. The van der Waals surface area contributed by atoms with E-state index in [9.17, 15) is 9.59 Å². The summed E-state index contributed by atoms with van der Waals surface area (Å²) < 4.78 is 5.93. The van der Waals surface area contributed by atoms with Gasteiger partial charge in [-0.05, 0) is 34.4 Å². The van der Waals surface area contributed by atoms with Crippen LogP contribution in [0.5, 0.6) is 0 Å². The Labute approximate surface area is 181 Å². The molecule has 0 radical (unpaired) electrons. The third-order valence-electron chi connectivity index (χ3n) is 5.62. The third kappa shape index (κ3) is 4.81. The van der Waals surface area contributed by atoms with Crippen molar-refractivity contribution in [1.29, 1.82) is 0 Å². The zero-order valence-corrected chi connectivity index (χ0v) is 17.2. The molecule has 1 fully saturated rings. The van der Waals surface area contributed by atoms with Crippen molar-refractivity contribution >= 4 is 11.8 Å². The van der Waals surface area contributed by atoms with Crippen LogP contribution in [0.3, 0.4) is 0 Å². The fourth-order valence-corrected chi connectivity index (χ4v) is 3.96. The smallest absolute Gasteiger partial charge is 0.251 e. The zero-order chi connectivity index (χ0) is 21.7. The summed E-state index contributed by atoms with van der Waals surface area (Å²) in [7, 11) is 0. The first-order chi connectivity index (χ1) is 15.1. The maximum atomic E-state index is 12.9. The van der Waals surface area contributed by atoms with Crippen molar-refractivity contribution in [3.8, 4) is 11.1 Å². The van der Waals surface area contributed by atoms with Gasteiger partial charge >= 0.3 is 0 Å². The minimum Gasteiger partial charge on any atom is -0.367 e. The van der Waals surface area contributed by atoms with Gasteiger partial charge in [-0.1, -0.05) is 54.6 Å². The molecule has 1 atom stereocenters. The van der Waals surface area contributed by atoms with Crippen molar-refractivity contribution in [2.75, 3.05) is 19.7 Å². The standard InChI is InChI=1S/C25H25N3O3/c26-24(30)25(17-20-7-4-8-22(15-20)21-9-11-27-12-10-21)18-28(13-14-31-25)23(29)16-19-5-2-1-3-6-19/h1-12,15H,13-14,16-18H2,(H2,26,30). The van der Waals surface area contributed by atoms with Crippen molar-refractivity contribution < 1.29 is 14.3 Å². The number of aromatic nitrogens is 1. The normalized spacial score (nSPS) is 18.5. The Bertz CT molecular complexity index is 1060. The number of amides is 2. The molecule has 0 spiro atoms. The Morgan fingerprint density at radius 1 is 0.968 bits per heavy atom. The molecular weight excluding hydrogens is 390 g/mol. The second-order valence-corrected chi connectivity index (χ2v) is 7.80. The maximum Gasteiger partial charge on any atom is 0.251 e. The van der Waals surface area contributed by atoms with Gasteiger partial charge in [-0.25, -0.2) is 0 Å². The summed E-state index contributed by atoms with van der Waals surface area (Å²) in [6.45, 7) is 0.860. The summed E-state index contributed by atoms with van der Waals surface area (Å²) in [6.07, 6.45) is 4.07. The average Bonchev–Trinajstić information content (AvgIpc) is 2.80. The number of ether oxygens (including phenoxy) is 1. The number of carbonyl (C=O) groups excluding carboxylic acids is 2. The number of pyridine rings is 1. The van der Waals surface area contributed by atoms with Gasteiger partial charge < -0.3 is 15.4 Å². The van der Waals surface area contributed by atoms with Crippen molar-refractivity contribution in [1.82, 2.24) is 9.88 Å². The number of hydrogen-bond donors (Lipinski definition) is 1. The van der Waals surface area contributed by atoms with Crippen LogP contribution in [0, 0.1) is 0 Å². The summed E-state index contributed by atoms with van der Waals surface area (Å²) >= 11 is 0. The van der Waals surface area contributed by atoms with E-state index in [-0.39, 0.29) is 25.5 Å². The molecule has 1 aliphatic rings. The largest absolute Gasteiger partial charge is 0.367 e. The molecule has 0 aliphatic carbocycles. The quantitative estimate of drug-likeness (QED) is 0.671. The molecule has 6 heteroatoms. The number of rotatable bonds is 6. The molecule has 0 saturated carbocycles. The van der Waals surface area contributed by atoms with Crippen LogP contribution in [0.15, 0.2) is 79.1 Å². The van der Waals surface area contributed by atoms with E-state index in [1.54, 1.807) is 17.3 Å². The van der Waals surface area contributed by atoms with Gasteiger partial charge in [0.05, 0.1) is 19.6 Å². The van der Waals surface area contributed by atoms with Crippen LogP contribution < -0.4 is 5.73 Å². The van der Waals surface area contributed by atoms with Gasteiger partial charge in [-0.2, -0.15) is 0 Å². The van der Waals surface area contributed by atoms with Gasteiger partial charge in [-0.15, -0.1) is 0 Å². The first-order valence-electron chi connectivity index (χ1n) is 10.3. The lowest BCUT2D eigenvalue weighted by atomic mass is 9.90. The molecule has 1 saturated heterocycles. The molecule has 1 aromatic heterocycles. The van der Waals surface area contributed by atoms with Crippen LogP contribution >= 0.6 is 0 Å². The van der Waals surface area contributed by atoms with Crippen molar-refractivity contribution in [3.63, 3.8) is 0 Å². The summed E-state index contributed by atoms with van der Waals surface area (Å²) in [5.74, 6) is -0.593. The summed E-state index contributed by atoms with van der Waals surface area (Å²) in [5, 5.41) is 0.